The summed E-state index contributed by atoms with van der Waals surface area (Å²) in [6.45, 7) is 1.88. The van der Waals surface area contributed by atoms with Gasteiger partial charge < -0.3 is 15.3 Å². The molecule has 114 valence electrons. The Kier molecular flexibility index (Phi) is 4.37. The second kappa shape index (κ2) is 5.89. The lowest BCUT2D eigenvalue weighted by molar-refractivity contribution is -0.150. The van der Waals surface area contributed by atoms with Crippen molar-refractivity contribution in [3.8, 4) is 0 Å². The van der Waals surface area contributed by atoms with Crippen LogP contribution in [0.1, 0.15) is 26.2 Å². The number of aliphatic carboxylic acids is 1. The molecule has 0 radical (unpaired) electrons. The van der Waals surface area contributed by atoms with Crippen LogP contribution in [0.4, 0.5) is 14.9 Å². The molecule has 2 N–H and O–H groups in total. The number of piperidine rings is 1. The Morgan fingerprint density at radius 3 is 2.76 bits per heavy atom. The van der Waals surface area contributed by atoms with Crippen LogP contribution in [0.25, 0.3) is 0 Å². The molecule has 1 unspecified atom stereocenters. The average molecular weight is 315 g/mol. The molecule has 0 aromatic heterocycles. The minimum absolute atomic E-state index is 0.0404. The number of amides is 2. The number of carbonyl (C=O) groups is 2. The molecule has 2 amide bonds. The molecule has 1 aromatic rings. The van der Waals surface area contributed by atoms with Crippen LogP contribution in [-0.2, 0) is 4.79 Å². The van der Waals surface area contributed by atoms with Crippen LogP contribution in [0, 0.1) is 5.82 Å². The molecule has 5 nitrogen and oxygen atoms in total. The van der Waals surface area contributed by atoms with Crippen molar-refractivity contribution in [3.05, 3.63) is 29.0 Å². The Hall–Kier alpha value is -1.82. The van der Waals surface area contributed by atoms with E-state index in [1.165, 1.54) is 24.0 Å². The summed E-state index contributed by atoms with van der Waals surface area (Å²) >= 11 is 5.58. The predicted molar refractivity (Wildman–Crippen MR) is 77.0 cm³/mol. The molecule has 1 aliphatic heterocycles. The Morgan fingerprint density at radius 1 is 1.43 bits per heavy atom. The summed E-state index contributed by atoms with van der Waals surface area (Å²) in [6.07, 6.45) is 1.89. The van der Waals surface area contributed by atoms with Gasteiger partial charge in [0.25, 0.3) is 0 Å². The van der Waals surface area contributed by atoms with E-state index in [2.05, 4.69) is 5.32 Å². The Bertz CT molecular complexity index is 581. The molecule has 1 heterocycles. The topological polar surface area (TPSA) is 69.6 Å². The predicted octanol–water partition coefficient (Wildman–Crippen LogP) is 3.34. The first-order chi connectivity index (χ1) is 9.84. The first-order valence-corrected chi connectivity index (χ1v) is 6.99. The zero-order chi connectivity index (χ0) is 15.6. The van der Waals surface area contributed by atoms with Gasteiger partial charge in [-0.25, -0.2) is 14.0 Å². The van der Waals surface area contributed by atoms with Gasteiger partial charge in [-0.3, -0.25) is 0 Å². The molecule has 2 rings (SSSR count). The minimum Gasteiger partial charge on any atom is -0.480 e. The van der Waals surface area contributed by atoms with Crippen molar-refractivity contribution in [2.45, 2.75) is 31.7 Å². The van der Waals surface area contributed by atoms with Gasteiger partial charge in [-0.15, -0.1) is 0 Å². The number of nitrogens with zero attached hydrogens (tertiary/aromatic N) is 1. The third-order valence-corrected chi connectivity index (χ3v) is 4.07. The van der Waals surface area contributed by atoms with Crippen LogP contribution in [0.2, 0.25) is 5.02 Å². The van der Waals surface area contributed by atoms with Crippen molar-refractivity contribution in [3.63, 3.8) is 0 Å². The van der Waals surface area contributed by atoms with Crippen molar-refractivity contribution in [2.24, 2.45) is 0 Å². The highest BCUT2D eigenvalue weighted by Gasteiger charge is 2.44. The van der Waals surface area contributed by atoms with Gasteiger partial charge in [-0.1, -0.05) is 11.6 Å². The van der Waals surface area contributed by atoms with Gasteiger partial charge in [0, 0.05) is 12.2 Å². The van der Waals surface area contributed by atoms with E-state index >= 15 is 0 Å². The van der Waals surface area contributed by atoms with E-state index in [0.717, 1.165) is 18.9 Å². The van der Waals surface area contributed by atoms with Gasteiger partial charge in [0.2, 0.25) is 0 Å². The number of carbonyl (C=O) groups excluding carboxylic acids is 1. The zero-order valence-electron chi connectivity index (χ0n) is 11.5. The highest BCUT2D eigenvalue weighted by Crippen LogP contribution is 2.29. The SMILES string of the molecule is CC1(C(=O)O)CCCCN1C(=O)Nc1ccc(Cl)c(F)c1. The maximum atomic E-state index is 13.4. The molecule has 0 saturated carbocycles. The first kappa shape index (κ1) is 15.6. The van der Waals surface area contributed by atoms with Crippen molar-refractivity contribution in [2.75, 3.05) is 11.9 Å². The summed E-state index contributed by atoms with van der Waals surface area (Å²) < 4.78 is 13.4. The number of anilines is 1. The van der Waals surface area contributed by atoms with Crippen molar-refractivity contribution in [1.29, 1.82) is 0 Å². The Labute approximate surface area is 126 Å². The maximum Gasteiger partial charge on any atom is 0.329 e. The van der Waals surface area contributed by atoms with Crippen LogP contribution in [-0.4, -0.2) is 34.1 Å². The van der Waals surface area contributed by atoms with E-state index in [1.54, 1.807) is 0 Å². The van der Waals surface area contributed by atoms with Crippen LogP contribution in [0.15, 0.2) is 18.2 Å². The molecule has 1 aliphatic rings. The molecule has 1 saturated heterocycles. The fourth-order valence-electron chi connectivity index (χ4n) is 2.43. The molecule has 0 aliphatic carbocycles. The normalized spacial score (nSPS) is 22.0. The quantitative estimate of drug-likeness (QED) is 0.879. The second-order valence-corrected chi connectivity index (χ2v) is 5.65. The van der Waals surface area contributed by atoms with Crippen LogP contribution < -0.4 is 5.32 Å². The summed E-state index contributed by atoms with van der Waals surface area (Å²) in [7, 11) is 0. The number of rotatable bonds is 2. The molecule has 0 spiro atoms. The summed E-state index contributed by atoms with van der Waals surface area (Å²) in [5.74, 6) is -1.69. The maximum absolute atomic E-state index is 13.4. The van der Waals surface area contributed by atoms with E-state index in [-0.39, 0.29) is 10.7 Å². The van der Waals surface area contributed by atoms with Gasteiger partial charge >= 0.3 is 12.0 Å². The summed E-state index contributed by atoms with van der Waals surface area (Å²) in [6, 6.07) is 3.34. The lowest BCUT2D eigenvalue weighted by Gasteiger charge is -2.41. The van der Waals surface area contributed by atoms with Crippen LogP contribution in [0.3, 0.4) is 0 Å². The second-order valence-electron chi connectivity index (χ2n) is 5.25. The Balaban J connectivity index is 2.18. The number of halogens is 2. The fraction of sp³-hybridized carbons (Fsp3) is 0.429. The lowest BCUT2D eigenvalue weighted by atomic mass is 9.89. The largest absolute Gasteiger partial charge is 0.480 e. The van der Waals surface area contributed by atoms with Gasteiger partial charge in [0.15, 0.2) is 0 Å². The minimum atomic E-state index is -1.24. The van der Waals surface area contributed by atoms with Gasteiger partial charge in [0.1, 0.15) is 11.4 Å². The van der Waals surface area contributed by atoms with Crippen molar-refractivity contribution in [1.82, 2.24) is 4.90 Å². The molecular formula is C14H16ClFN2O3. The molecular weight excluding hydrogens is 299 g/mol. The van der Waals surface area contributed by atoms with E-state index in [9.17, 15) is 19.1 Å². The molecule has 1 atom stereocenters. The van der Waals surface area contributed by atoms with Crippen molar-refractivity contribution < 1.29 is 19.1 Å². The van der Waals surface area contributed by atoms with Crippen LogP contribution >= 0.6 is 11.6 Å². The lowest BCUT2D eigenvalue weighted by Crippen LogP contribution is -2.58. The van der Waals surface area contributed by atoms with Gasteiger partial charge in [0.05, 0.1) is 5.02 Å². The number of carboxylic acid groups (broad SMARTS) is 1. The standard InChI is InChI=1S/C14H16ClFN2O3/c1-14(12(19)20)6-2-3-7-18(14)13(21)17-9-4-5-10(15)11(16)8-9/h4-5,8H,2-3,6-7H2,1H3,(H,17,21)(H,19,20). The van der Waals surface area contributed by atoms with E-state index < -0.39 is 23.4 Å². The number of nitrogens with one attached hydrogen (secondary N) is 1. The average Bonchev–Trinajstić information content (AvgIpc) is 2.43. The molecule has 21 heavy (non-hydrogen) atoms. The third-order valence-electron chi connectivity index (χ3n) is 3.77. The summed E-state index contributed by atoms with van der Waals surface area (Å²) in [4.78, 5) is 25.0. The number of urea groups is 1. The number of hydrogen-bond donors (Lipinski definition) is 2. The van der Waals surface area contributed by atoms with Gasteiger partial charge in [-0.2, -0.15) is 0 Å². The summed E-state index contributed by atoms with van der Waals surface area (Å²) in [5, 5.41) is 11.8. The Morgan fingerprint density at radius 2 is 2.14 bits per heavy atom. The monoisotopic (exact) mass is 314 g/mol. The third kappa shape index (κ3) is 3.10. The van der Waals surface area contributed by atoms with Crippen LogP contribution in [0.5, 0.6) is 0 Å². The number of likely N-dealkylation sites (tertiary alicyclic amines) is 1. The first-order valence-electron chi connectivity index (χ1n) is 6.61. The number of carboxylic acids is 1. The zero-order valence-corrected chi connectivity index (χ0v) is 12.3. The molecule has 1 aromatic carbocycles. The highest BCUT2D eigenvalue weighted by atomic mass is 35.5. The summed E-state index contributed by atoms with van der Waals surface area (Å²) in [5.41, 5.74) is -1.01. The smallest absolute Gasteiger partial charge is 0.329 e. The number of benzene rings is 1. The number of hydrogen-bond acceptors (Lipinski definition) is 2. The van der Waals surface area contributed by atoms with Gasteiger partial charge in [-0.05, 0) is 44.4 Å². The van der Waals surface area contributed by atoms with E-state index in [4.69, 9.17) is 11.6 Å². The fourth-order valence-corrected chi connectivity index (χ4v) is 2.55. The molecule has 0 bridgehead atoms. The highest BCUT2D eigenvalue weighted by molar-refractivity contribution is 6.30. The molecule has 1 fully saturated rings. The molecule has 7 heteroatoms. The van der Waals surface area contributed by atoms with E-state index in [0.29, 0.717) is 13.0 Å². The van der Waals surface area contributed by atoms with Crippen molar-refractivity contribution >= 4 is 29.3 Å². The van der Waals surface area contributed by atoms with E-state index in [1.807, 2.05) is 0 Å².